The first-order valence-electron chi connectivity index (χ1n) is 10.9. The third-order valence-corrected chi connectivity index (χ3v) is 6.83. The highest BCUT2D eigenvalue weighted by molar-refractivity contribution is 7.21. The standard InChI is InChI=1S/C23H24FN5O3S/c1-28-8-10-29(11-9-28)22(30)20-13-17-21(33-20)19(6-7-25-17)32-18-5-4-15(12-16(18)24)27-23(31)26-14-2-3-14/h4-7,12-14H,2-3,8-11H2,1H3,(H2,26,27,31). The van der Waals surface area contributed by atoms with Gasteiger partial charge < -0.3 is 25.2 Å². The van der Waals surface area contributed by atoms with Crippen LogP contribution >= 0.6 is 11.3 Å². The van der Waals surface area contributed by atoms with Crippen LogP contribution in [0.5, 0.6) is 11.5 Å². The molecule has 2 aromatic heterocycles. The quantitative estimate of drug-likeness (QED) is 0.592. The van der Waals surface area contributed by atoms with Crippen molar-refractivity contribution in [3.05, 3.63) is 47.2 Å². The van der Waals surface area contributed by atoms with Gasteiger partial charge in [0.25, 0.3) is 5.91 Å². The van der Waals surface area contributed by atoms with Gasteiger partial charge >= 0.3 is 6.03 Å². The molecule has 2 fully saturated rings. The predicted molar refractivity (Wildman–Crippen MR) is 125 cm³/mol. The van der Waals surface area contributed by atoms with Crippen LogP contribution in [-0.4, -0.2) is 66.0 Å². The number of aromatic nitrogens is 1. The summed E-state index contributed by atoms with van der Waals surface area (Å²) in [6, 6.07) is 7.55. The summed E-state index contributed by atoms with van der Waals surface area (Å²) in [4.78, 5) is 33.8. The first-order chi connectivity index (χ1) is 16.0. The number of rotatable bonds is 5. The molecule has 33 heavy (non-hydrogen) atoms. The van der Waals surface area contributed by atoms with Gasteiger partial charge in [0.15, 0.2) is 11.6 Å². The molecule has 1 saturated heterocycles. The molecule has 3 aromatic rings. The smallest absolute Gasteiger partial charge is 0.319 e. The summed E-state index contributed by atoms with van der Waals surface area (Å²) in [6.45, 7) is 3.06. The highest BCUT2D eigenvalue weighted by Gasteiger charge is 2.24. The number of nitrogens with zero attached hydrogens (tertiary/aromatic N) is 3. The molecule has 1 aliphatic carbocycles. The normalized spacial score (nSPS) is 16.6. The number of amides is 3. The maximum absolute atomic E-state index is 14.7. The van der Waals surface area contributed by atoms with Crippen molar-refractivity contribution in [1.82, 2.24) is 20.1 Å². The SMILES string of the molecule is CN1CCN(C(=O)c2cc3nccc(Oc4ccc(NC(=O)NC5CC5)cc4F)c3s2)CC1. The van der Waals surface area contributed by atoms with Crippen LogP contribution < -0.4 is 15.4 Å². The minimum atomic E-state index is -0.602. The number of benzene rings is 1. The molecule has 2 N–H and O–H groups in total. The number of likely N-dealkylation sites (N-methyl/N-ethyl adjacent to an activating group) is 1. The van der Waals surface area contributed by atoms with Gasteiger partial charge in [-0.2, -0.15) is 0 Å². The van der Waals surface area contributed by atoms with Gasteiger partial charge in [0.1, 0.15) is 5.75 Å². The summed E-state index contributed by atoms with van der Waals surface area (Å²) in [5.74, 6) is -0.179. The van der Waals surface area contributed by atoms with Crippen molar-refractivity contribution in [3.8, 4) is 11.5 Å². The Labute approximate surface area is 194 Å². The number of ether oxygens (including phenoxy) is 1. The second-order valence-corrected chi connectivity index (χ2v) is 9.40. The van der Waals surface area contributed by atoms with Gasteiger partial charge in [-0.1, -0.05) is 0 Å². The van der Waals surface area contributed by atoms with E-state index in [4.69, 9.17) is 4.74 Å². The van der Waals surface area contributed by atoms with Gasteiger partial charge in [-0.25, -0.2) is 9.18 Å². The number of pyridine rings is 1. The van der Waals surface area contributed by atoms with Crippen molar-refractivity contribution in [2.75, 3.05) is 38.5 Å². The Morgan fingerprint density at radius 1 is 1.12 bits per heavy atom. The Balaban J connectivity index is 1.32. The number of halogens is 1. The van der Waals surface area contributed by atoms with Crippen molar-refractivity contribution in [1.29, 1.82) is 0 Å². The monoisotopic (exact) mass is 469 g/mol. The molecule has 0 bridgehead atoms. The lowest BCUT2D eigenvalue weighted by atomic mass is 10.2. The molecule has 1 aromatic carbocycles. The predicted octanol–water partition coefficient (Wildman–Crippen LogP) is 3.90. The summed E-state index contributed by atoms with van der Waals surface area (Å²) in [6.07, 6.45) is 3.52. The third kappa shape index (κ3) is 4.91. The van der Waals surface area contributed by atoms with Crippen LogP contribution in [0.15, 0.2) is 36.5 Å². The van der Waals surface area contributed by atoms with E-state index in [0.29, 0.717) is 39.6 Å². The topological polar surface area (TPSA) is 86.8 Å². The molecule has 5 rings (SSSR count). The molecule has 172 valence electrons. The van der Waals surface area contributed by atoms with E-state index in [0.717, 1.165) is 25.9 Å². The first kappa shape index (κ1) is 21.6. The van der Waals surface area contributed by atoms with Gasteiger partial charge in [0, 0.05) is 56.2 Å². The van der Waals surface area contributed by atoms with Crippen molar-refractivity contribution in [3.63, 3.8) is 0 Å². The van der Waals surface area contributed by atoms with Gasteiger partial charge in [0.2, 0.25) is 0 Å². The molecular formula is C23H24FN5O3S. The molecular weight excluding hydrogens is 445 g/mol. The number of carbonyl (C=O) groups excluding carboxylic acids is 2. The lowest BCUT2D eigenvalue weighted by Gasteiger charge is -2.32. The zero-order valence-corrected chi connectivity index (χ0v) is 19.0. The lowest BCUT2D eigenvalue weighted by molar-refractivity contribution is 0.0669. The van der Waals surface area contributed by atoms with E-state index in [1.807, 2.05) is 11.9 Å². The van der Waals surface area contributed by atoms with E-state index in [1.165, 1.54) is 23.5 Å². The average Bonchev–Trinajstić information content (AvgIpc) is 3.49. The van der Waals surface area contributed by atoms with E-state index in [-0.39, 0.29) is 23.7 Å². The van der Waals surface area contributed by atoms with Gasteiger partial charge in [-0.15, -0.1) is 11.3 Å². The summed E-state index contributed by atoms with van der Waals surface area (Å²) in [5, 5.41) is 5.42. The molecule has 3 heterocycles. The molecule has 0 atom stereocenters. The maximum atomic E-state index is 14.7. The Morgan fingerprint density at radius 2 is 1.91 bits per heavy atom. The number of piperazine rings is 1. The summed E-state index contributed by atoms with van der Waals surface area (Å²) >= 11 is 1.29. The van der Waals surface area contributed by atoms with Gasteiger partial charge in [0.05, 0.1) is 15.1 Å². The fourth-order valence-electron chi connectivity index (χ4n) is 3.63. The highest BCUT2D eigenvalue weighted by atomic mass is 32.1. The number of hydrogen-bond acceptors (Lipinski definition) is 6. The summed E-state index contributed by atoms with van der Waals surface area (Å²) in [7, 11) is 2.04. The number of urea groups is 1. The molecule has 0 spiro atoms. The van der Waals surface area contributed by atoms with E-state index in [1.54, 1.807) is 24.4 Å². The van der Waals surface area contributed by atoms with Crippen molar-refractivity contribution in [2.45, 2.75) is 18.9 Å². The Morgan fingerprint density at radius 3 is 2.64 bits per heavy atom. The summed E-state index contributed by atoms with van der Waals surface area (Å²) < 4.78 is 21.2. The molecule has 0 radical (unpaired) electrons. The van der Waals surface area contributed by atoms with E-state index >= 15 is 0 Å². The number of anilines is 1. The van der Waals surface area contributed by atoms with Crippen LogP contribution in [0.1, 0.15) is 22.5 Å². The van der Waals surface area contributed by atoms with Crippen LogP contribution in [0, 0.1) is 5.82 Å². The van der Waals surface area contributed by atoms with E-state index < -0.39 is 5.82 Å². The molecule has 1 saturated carbocycles. The number of nitrogens with one attached hydrogen (secondary N) is 2. The van der Waals surface area contributed by atoms with Crippen molar-refractivity contribution >= 4 is 39.2 Å². The lowest BCUT2D eigenvalue weighted by Crippen LogP contribution is -2.46. The van der Waals surface area contributed by atoms with Crippen LogP contribution in [0.25, 0.3) is 10.2 Å². The number of thiophene rings is 1. The zero-order chi connectivity index (χ0) is 22.9. The van der Waals surface area contributed by atoms with Crippen molar-refractivity contribution < 1.29 is 18.7 Å². The second-order valence-electron chi connectivity index (χ2n) is 8.35. The van der Waals surface area contributed by atoms with E-state index in [2.05, 4.69) is 20.5 Å². The Bertz CT molecular complexity index is 1200. The Kier molecular flexibility index (Phi) is 5.86. The minimum Gasteiger partial charge on any atom is -0.453 e. The number of fused-ring (bicyclic) bond motifs is 1. The molecule has 1 aliphatic heterocycles. The zero-order valence-electron chi connectivity index (χ0n) is 18.1. The molecule has 3 amide bonds. The van der Waals surface area contributed by atoms with Crippen LogP contribution in [-0.2, 0) is 0 Å². The largest absolute Gasteiger partial charge is 0.453 e. The number of carbonyl (C=O) groups is 2. The van der Waals surface area contributed by atoms with Crippen LogP contribution in [0.2, 0.25) is 0 Å². The van der Waals surface area contributed by atoms with Crippen molar-refractivity contribution in [2.24, 2.45) is 0 Å². The highest BCUT2D eigenvalue weighted by Crippen LogP contribution is 2.36. The summed E-state index contributed by atoms with van der Waals surface area (Å²) in [5.41, 5.74) is 0.972. The fraction of sp³-hybridized carbons (Fsp3) is 0.348. The average molecular weight is 470 g/mol. The molecule has 0 unspecified atom stereocenters. The first-order valence-corrected chi connectivity index (χ1v) is 11.7. The van der Waals surface area contributed by atoms with E-state index in [9.17, 15) is 14.0 Å². The van der Waals surface area contributed by atoms with Gasteiger partial charge in [-0.05, 0) is 38.1 Å². The minimum absolute atomic E-state index is 0.0241. The second kappa shape index (κ2) is 8.95. The Hall–Kier alpha value is -3.24. The molecule has 10 heteroatoms. The van der Waals surface area contributed by atoms with Crippen LogP contribution in [0.3, 0.4) is 0 Å². The molecule has 8 nitrogen and oxygen atoms in total. The van der Waals surface area contributed by atoms with Gasteiger partial charge in [-0.3, -0.25) is 9.78 Å². The fourth-order valence-corrected chi connectivity index (χ4v) is 4.66. The van der Waals surface area contributed by atoms with Crippen LogP contribution in [0.4, 0.5) is 14.9 Å². The molecule has 2 aliphatic rings. The maximum Gasteiger partial charge on any atom is 0.319 e. The number of hydrogen-bond donors (Lipinski definition) is 2. The third-order valence-electron chi connectivity index (χ3n) is 5.70.